The van der Waals surface area contributed by atoms with Gasteiger partial charge in [0.15, 0.2) is 11.9 Å². The molecule has 1 aromatic heterocycles. The average Bonchev–Trinajstić information content (AvgIpc) is 2.64. The molecule has 0 aliphatic carbocycles. The van der Waals surface area contributed by atoms with E-state index < -0.39 is 18.0 Å². The molecule has 6 heteroatoms. The van der Waals surface area contributed by atoms with Gasteiger partial charge in [-0.1, -0.05) is 0 Å². The molecule has 0 bridgehead atoms. The number of H-pyrrole nitrogens is 1. The monoisotopic (exact) mass is 281 g/mol. The molecule has 0 aliphatic heterocycles. The van der Waals surface area contributed by atoms with Crippen molar-refractivity contribution in [3.05, 3.63) is 22.5 Å². The van der Waals surface area contributed by atoms with Crippen LogP contribution in [0.5, 0.6) is 0 Å². The molecule has 1 N–H and O–H groups in total. The van der Waals surface area contributed by atoms with Crippen LogP contribution in [0.4, 0.5) is 0 Å². The Morgan fingerprint density at radius 1 is 1.20 bits per heavy atom. The second-order valence-electron chi connectivity index (χ2n) is 4.50. The summed E-state index contributed by atoms with van der Waals surface area (Å²) in [5, 5.41) is 0. The number of aryl methyl sites for hydroxylation is 1. The highest BCUT2D eigenvalue weighted by Crippen LogP contribution is 2.20. The van der Waals surface area contributed by atoms with Crippen LogP contribution >= 0.6 is 0 Å². The van der Waals surface area contributed by atoms with E-state index in [1.54, 1.807) is 20.8 Å². The smallest absolute Gasteiger partial charge is 0.355 e. The van der Waals surface area contributed by atoms with Crippen LogP contribution in [0.25, 0.3) is 0 Å². The first-order valence-corrected chi connectivity index (χ1v) is 6.37. The summed E-state index contributed by atoms with van der Waals surface area (Å²) in [5.41, 5.74) is 1.46. The van der Waals surface area contributed by atoms with E-state index in [1.165, 1.54) is 13.8 Å². The molecule has 6 nitrogen and oxygen atoms in total. The lowest BCUT2D eigenvalue weighted by Gasteiger charge is -2.10. The van der Waals surface area contributed by atoms with E-state index >= 15 is 0 Å². The third kappa shape index (κ3) is 3.26. The van der Waals surface area contributed by atoms with Gasteiger partial charge in [0.05, 0.1) is 12.2 Å². The molecule has 0 aliphatic rings. The molecule has 0 aromatic carbocycles. The molecule has 110 valence electrons. The van der Waals surface area contributed by atoms with Gasteiger partial charge < -0.3 is 14.5 Å². The van der Waals surface area contributed by atoms with Gasteiger partial charge in [0.2, 0.25) is 0 Å². The lowest BCUT2D eigenvalue weighted by atomic mass is 10.1. The summed E-state index contributed by atoms with van der Waals surface area (Å²) in [6, 6.07) is 0. The Hall–Kier alpha value is -2.11. The molecule has 0 fully saturated rings. The van der Waals surface area contributed by atoms with Crippen molar-refractivity contribution < 1.29 is 23.9 Å². The number of aromatic nitrogens is 1. The minimum Gasteiger partial charge on any atom is -0.461 e. The van der Waals surface area contributed by atoms with E-state index in [-0.39, 0.29) is 23.6 Å². The summed E-state index contributed by atoms with van der Waals surface area (Å²) in [5.74, 6) is -1.39. The first kappa shape index (κ1) is 15.9. The highest BCUT2D eigenvalue weighted by atomic mass is 16.5. The van der Waals surface area contributed by atoms with Gasteiger partial charge in [-0.05, 0) is 40.2 Å². The number of carbonyl (C=O) groups excluding carboxylic acids is 3. The minimum atomic E-state index is -0.817. The second kappa shape index (κ2) is 6.36. The number of aromatic amines is 1. The number of Topliss-reactive ketones (excluding diaryl/α,β-unsaturated/α-hetero) is 1. The SMILES string of the molecule is CCOC(=O)c1[nH]c(C)c(C(=O)OC(C)C(C)=O)c1C. The summed E-state index contributed by atoms with van der Waals surface area (Å²) < 4.78 is 9.95. The Morgan fingerprint density at radius 2 is 1.80 bits per heavy atom. The first-order chi connectivity index (χ1) is 9.29. The van der Waals surface area contributed by atoms with Crippen LogP contribution in [0.3, 0.4) is 0 Å². The molecule has 1 aromatic rings. The molecule has 0 amide bonds. The zero-order chi connectivity index (χ0) is 15.4. The summed E-state index contributed by atoms with van der Waals surface area (Å²) in [6.07, 6.45) is -0.817. The molecular formula is C14H19NO5. The number of rotatable bonds is 5. The van der Waals surface area contributed by atoms with E-state index in [0.29, 0.717) is 11.3 Å². The number of ether oxygens (including phenoxy) is 2. The molecule has 0 radical (unpaired) electrons. The highest BCUT2D eigenvalue weighted by Gasteiger charge is 2.25. The molecule has 1 rings (SSSR count). The first-order valence-electron chi connectivity index (χ1n) is 6.37. The second-order valence-corrected chi connectivity index (χ2v) is 4.50. The van der Waals surface area contributed by atoms with Crippen LogP contribution in [0.15, 0.2) is 0 Å². The molecule has 1 atom stereocenters. The van der Waals surface area contributed by atoms with Crippen LogP contribution in [-0.2, 0) is 14.3 Å². The number of esters is 2. The number of nitrogens with one attached hydrogen (secondary N) is 1. The van der Waals surface area contributed by atoms with Gasteiger partial charge in [-0.2, -0.15) is 0 Å². The third-order valence-electron chi connectivity index (χ3n) is 2.98. The van der Waals surface area contributed by atoms with Crippen LogP contribution in [-0.4, -0.2) is 35.4 Å². The fourth-order valence-corrected chi connectivity index (χ4v) is 1.77. The van der Waals surface area contributed by atoms with E-state index in [2.05, 4.69) is 4.98 Å². The van der Waals surface area contributed by atoms with Crippen molar-refractivity contribution >= 4 is 17.7 Å². The van der Waals surface area contributed by atoms with Crippen LogP contribution in [0, 0.1) is 13.8 Å². The Labute approximate surface area is 117 Å². The topological polar surface area (TPSA) is 85.5 Å². The molecule has 20 heavy (non-hydrogen) atoms. The maximum atomic E-state index is 12.0. The zero-order valence-corrected chi connectivity index (χ0v) is 12.3. The van der Waals surface area contributed by atoms with Gasteiger partial charge in [0.1, 0.15) is 5.69 Å². The Balaban J connectivity index is 3.05. The fourth-order valence-electron chi connectivity index (χ4n) is 1.77. The molecular weight excluding hydrogens is 262 g/mol. The van der Waals surface area contributed by atoms with Crippen molar-refractivity contribution in [2.24, 2.45) is 0 Å². The highest BCUT2D eigenvalue weighted by molar-refractivity contribution is 5.99. The summed E-state index contributed by atoms with van der Waals surface area (Å²) in [6.45, 7) is 8.09. The lowest BCUT2D eigenvalue weighted by molar-refractivity contribution is -0.124. The van der Waals surface area contributed by atoms with Crippen molar-refractivity contribution in [2.75, 3.05) is 6.61 Å². The van der Waals surface area contributed by atoms with Crippen LogP contribution in [0.1, 0.15) is 52.9 Å². The largest absolute Gasteiger partial charge is 0.461 e. The Bertz CT molecular complexity index is 544. The quantitative estimate of drug-likeness (QED) is 0.834. The van der Waals surface area contributed by atoms with Crippen LogP contribution < -0.4 is 0 Å². The summed E-state index contributed by atoms with van der Waals surface area (Å²) in [4.78, 5) is 37.7. The van der Waals surface area contributed by atoms with Crippen molar-refractivity contribution in [3.63, 3.8) is 0 Å². The van der Waals surface area contributed by atoms with Gasteiger partial charge in [0.25, 0.3) is 0 Å². The predicted octanol–water partition coefficient (Wildman–Crippen LogP) is 1.94. The summed E-state index contributed by atoms with van der Waals surface area (Å²) in [7, 11) is 0. The van der Waals surface area contributed by atoms with Crippen molar-refractivity contribution in [1.82, 2.24) is 4.98 Å². The minimum absolute atomic E-state index is 0.228. The van der Waals surface area contributed by atoms with Gasteiger partial charge in [-0.3, -0.25) is 4.79 Å². The predicted molar refractivity (Wildman–Crippen MR) is 71.8 cm³/mol. The number of hydrogen-bond acceptors (Lipinski definition) is 5. The standard InChI is InChI=1S/C14H19NO5/c1-6-19-14(18)12-7(2)11(8(3)15-12)13(17)20-10(5)9(4)16/h10,15H,6H2,1-5H3. The van der Waals surface area contributed by atoms with Crippen molar-refractivity contribution in [1.29, 1.82) is 0 Å². The normalized spacial score (nSPS) is 11.8. The van der Waals surface area contributed by atoms with Gasteiger partial charge in [0, 0.05) is 5.69 Å². The average molecular weight is 281 g/mol. The van der Waals surface area contributed by atoms with Gasteiger partial charge >= 0.3 is 11.9 Å². The van der Waals surface area contributed by atoms with Gasteiger partial charge in [-0.15, -0.1) is 0 Å². The van der Waals surface area contributed by atoms with E-state index in [0.717, 1.165) is 0 Å². The van der Waals surface area contributed by atoms with E-state index in [4.69, 9.17) is 9.47 Å². The maximum absolute atomic E-state index is 12.0. The van der Waals surface area contributed by atoms with Gasteiger partial charge in [-0.25, -0.2) is 9.59 Å². The molecule has 1 heterocycles. The maximum Gasteiger partial charge on any atom is 0.355 e. The Kier molecular flexibility index (Phi) is 5.07. The number of carbonyl (C=O) groups is 3. The Morgan fingerprint density at radius 3 is 2.30 bits per heavy atom. The summed E-state index contributed by atoms with van der Waals surface area (Å²) >= 11 is 0. The van der Waals surface area contributed by atoms with E-state index in [1.807, 2.05) is 0 Å². The number of ketones is 1. The fraction of sp³-hybridized carbons (Fsp3) is 0.500. The molecule has 0 saturated carbocycles. The van der Waals surface area contributed by atoms with Crippen molar-refractivity contribution in [3.8, 4) is 0 Å². The van der Waals surface area contributed by atoms with Crippen molar-refractivity contribution in [2.45, 2.75) is 40.7 Å². The molecule has 1 unspecified atom stereocenters. The third-order valence-corrected chi connectivity index (χ3v) is 2.98. The number of hydrogen-bond donors (Lipinski definition) is 1. The van der Waals surface area contributed by atoms with Crippen LogP contribution in [0.2, 0.25) is 0 Å². The zero-order valence-electron chi connectivity index (χ0n) is 12.3. The molecule has 0 saturated heterocycles. The molecule has 0 spiro atoms. The lowest BCUT2D eigenvalue weighted by Crippen LogP contribution is -2.22. The van der Waals surface area contributed by atoms with E-state index in [9.17, 15) is 14.4 Å².